The van der Waals surface area contributed by atoms with Crippen molar-refractivity contribution in [3.05, 3.63) is 24.3 Å². The number of ether oxygens (including phenoxy) is 1. The lowest BCUT2D eigenvalue weighted by Gasteiger charge is -2.35. The Hall–Kier alpha value is -1.71. The van der Waals surface area contributed by atoms with Crippen molar-refractivity contribution in [3.8, 4) is 5.75 Å². The molecule has 1 unspecified atom stereocenters. The number of nitrogens with one attached hydrogen (secondary N) is 1. The second-order valence-electron chi connectivity index (χ2n) is 5.66. The number of carbonyl (C=O) groups excluding carboxylic acids is 1. The predicted octanol–water partition coefficient (Wildman–Crippen LogP) is 2.51. The maximum absolute atomic E-state index is 12.5. The van der Waals surface area contributed by atoms with Gasteiger partial charge in [0.1, 0.15) is 5.75 Å². The molecule has 1 amide bonds. The van der Waals surface area contributed by atoms with Crippen molar-refractivity contribution >= 4 is 11.6 Å². The maximum atomic E-state index is 12.5. The van der Waals surface area contributed by atoms with Gasteiger partial charge in [0.25, 0.3) is 5.91 Å². The van der Waals surface area contributed by atoms with Crippen LogP contribution >= 0.6 is 0 Å². The fraction of sp³-hybridized carbons (Fsp3) is 0.562. The smallest absolute Gasteiger partial charge is 0.265 e. The van der Waals surface area contributed by atoms with E-state index in [2.05, 4.69) is 12.2 Å². The highest BCUT2D eigenvalue weighted by Crippen LogP contribution is 2.29. The van der Waals surface area contributed by atoms with Crippen molar-refractivity contribution in [2.24, 2.45) is 5.92 Å². The monoisotopic (exact) mass is 274 g/mol. The molecule has 1 saturated heterocycles. The normalized spacial score (nSPS) is 22.6. The van der Waals surface area contributed by atoms with Crippen LogP contribution in [-0.4, -0.2) is 36.5 Å². The molecule has 2 heterocycles. The Morgan fingerprint density at radius 3 is 2.85 bits per heavy atom. The van der Waals surface area contributed by atoms with Gasteiger partial charge in [0.05, 0.1) is 12.2 Å². The molecule has 0 spiro atoms. The van der Waals surface area contributed by atoms with Crippen molar-refractivity contribution in [2.75, 3.05) is 25.0 Å². The number of anilines is 1. The number of rotatable bonds is 2. The van der Waals surface area contributed by atoms with Crippen LogP contribution < -0.4 is 10.1 Å². The van der Waals surface area contributed by atoms with E-state index in [1.807, 2.05) is 29.2 Å². The maximum Gasteiger partial charge on any atom is 0.265 e. The lowest BCUT2D eigenvalue weighted by Crippen LogP contribution is -2.49. The molecule has 0 radical (unpaired) electrons. The number of hydrogen-bond acceptors (Lipinski definition) is 3. The molecule has 1 N–H and O–H groups in total. The van der Waals surface area contributed by atoms with Crippen molar-refractivity contribution in [3.63, 3.8) is 0 Å². The largest absolute Gasteiger partial charge is 0.477 e. The van der Waals surface area contributed by atoms with Crippen LogP contribution in [0.25, 0.3) is 0 Å². The molecule has 2 aliphatic heterocycles. The van der Waals surface area contributed by atoms with E-state index < -0.39 is 0 Å². The molecular formula is C16H22N2O2. The highest BCUT2D eigenvalue weighted by Gasteiger charge is 2.31. The van der Waals surface area contributed by atoms with Crippen molar-refractivity contribution in [1.29, 1.82) is 0 Å². The molecule has 20 heavy (non-hydrogen) atoms. The Balaban J connectivity index is 1.62. The predicted molar refractivity (Wildman–Crippen MR) is 78.9 cm³/mol. The van der Waals surface area contributed by atoms with Crippen LogP contribution in [0.3, 0.4) is 0 Å². The number of amides is 1. The van der Waals surface area contributed by atoms with E-state index in [-0.39, 0.29) is 12.0 Å². The quantitative estimate of drug-likeness (QED) is 0.901. The summed E-state index contributed by atoms with van der Waals surface area (Å²) in [7, 11) is 0. The number of para-hydroxylation sites is 2. The van der Waals surface area contributed by atoms with Crippen molar-refractivity contribution in [1.82, 2.24) is 4.90 Å². The Morgan fingerprint density at radius 1 is 1.35 bits per heavy atom. The van der Waals surface area contributed by atoms with E-state index in [0.29, 0.717) is 6.54 Å². The lowest BCUT2D eigenvalue weighted by atomic mass is 9.94. The zero-order chi connectivity index (χ0) is 13.9. The summed E-state index contributed by atoms with van der Waals surface area (Å²) in [5.41, 5.74) is 0.973. The molecule has 0 aliphatic carbocycles. The van der Waals surface area contributed by atoms with Gasteiger partial charge in [-0.25, -0.2) is 0 Å². The standard InChI is InChI=1S/C16H22N2O2/c1-2-12-7-9-18(10-8-12)16(19)15-11-17-13-5-3-4-6-14(13)20-15/h3-6,12,15,17H,2,7-11H2,1H3. The molecule has 3 rings (SSSR count). The molecule has 0 aromatic heterocycles. The molecular weight excluding hydrogens is 252 g/mol. The van der Waals surface area contributed by atoms with E-state index >= 15 is 0 Å². The number of likely N-dealkylation sites (tertiary alicyclic amines) is 1. The summed E-state index contributed by atoms with van der Waals surface area (Å²) in [6, 6.07) is 7.78. The highest BCUT2D eigenvalue weighted by molar-refractivity contribution is 5.83. The Bertz CT molecular complexity index is 481. The minimum absolute atomic E-state index is 0.126. The average molecular weight is 274 g/mol. The first-order chi connectivity index (χ1) is 9.78. The third-order valence-electron chi connectivity index (χ3n) is 4.41. The Labute approximate surface area is 120 Å². The second kappa shape index (κ2) is 5.73. The van der Waals surface area contributed by atoms with Crippen LogP contribution in [-0.2, 0) is 4.79 Å². The third-order valence-corrected chi connectivity index (χ3v) is 4.41. The molecule has 2 aliphatic rings. The highest BCUT2D eigenvalue weighted by atomic mass is 16.5. The number of hydrogen-bond donors (Lipinski definition) is 1. The van der Waals surface area contributed by atoms with Crippen LogP contribution in [0.4, 0.5) is 5.69 Å². The van der Waals surface area contributed by atoms with E-state index in [9.17, 15) is 4.79 Å². The average Bonchev–Trinajstić information content (AvgIpc) is 2.54. The third kappa shape index (κ3) is 2.60. The van der Waals surface area contributed by atoms with E-state index in [0.717, 1.165) is 43.3 Å². The van der Waals surface area contributed by atoms with Crippen molar-refractivity contribution < 1.29 is 9.53 Å². The topological polar surface area (TPSA) is 41.6 Å². The van der Waals surface area contributed by atoms with Crippen molar-refractivity contribution in [2.45, 2.75) is 32.3 Å². The summed E-state index contributed by atoms with van der Waals surface area (Å²) in [4.78, 5) is 14.5. The van der Waals surface area contributed by atoms with Crippen LogP contribution in [0.5, 0.6) is 5.75 Å². The molecule has 108 valence electrons. The summed E-state index contributed by atoms with van der Waals surface area (Å²) >= 11 is 0. The van der Waals surface area contributed by atoms with Gasteiger partial charge in [0.2, 0.25) is 0 Å². The van der Waals surface area contributed by atoms with Gasteiger partial charge in [0.15, 0.2) is 6.10 Å². The van der Waals surface area contributed by atoms with Gasteiger partial charge in [-0.3, -0.25) is 4.79 Å². The molecule has 1 aromatic rings. The summed E-state index contributed by atoms with van der Waals surface area (Å²) < 4.78 is 5.85. The number of carbonyl (C=O) groups is 1. The number of nitrogens with zero attached hydrogens (tertiary/aromatic N) is 1. The first-order valence-corrected chi connectivity index (χ1v) is 7.56. The van der Waals surface area contributed by atoms with E-state index in [4.69, 9.17) is 4.74 Å². The first-order valence-electron chi connectivity index (χ1n) is 7.56. The van der Waals surface area contributed by atoms with Gasteiger partial charge >= 0.3 is 0 Å². The zero-order valence-corrected chi connectivity index (χ0v) is 12.0. The number of benzene rings is 1. The summed E-state index contributed by atoms with van der Waals surface area (Å²) in [5, 5.41) is 3.28. The molecule has 4 nitrogen and oxygen atoms in total. The lowest BCUT2D eigenvalue weighted by molar-refractivity contribution is -0.139. The molecule has 4 heteroatoms. The van der Waals surface area contributed by atoms with Gasteiger partial charge < -0.3 is 15.0 Å². The van der Waals surface area contributed by atoms with Gasteiger partial charge in [-0.05, 0) is 30.9 Å². The molecule has 0 saturated carbocycles. The van der Waals surface area contributed by atoms with Gasteiger partial charge in [-0.2, -0.15) is 0 Å². The number of fused-ring (bicyclic) bond motifs is 1. The van der Waals surface area contributed by atoms with Crippen LogP contribution in [0.2, 0.25) is 0 Å². The molecule has 1 atom stereocenters. The second-order valence-corrected chi connectivity index (χ2v) is 5.66. The summed E-state index contributed by atoms with van der Waals surface area (Å²) in [5.74, 6) is 1.69. The fourth-order valence-electron chi connectivity index (χ4n) is 3.02. The van der Waals surface area contributed by atoms with E-state index in [1.54, 1.807) is 0 Å². The van der Waals surface area contributed by atoms with Crippen LogP contribution in [0.1, 0.15) is 26.2 Å². The minimum Gasteiger partial charge on any atom is -0.477 e. The fourth-order valence-corrected chi connectivity index (χ4v) is 3.02. The van der Waals surface area contributed by atoms with Gasteiger partial charge in [-0.1, -0.05) is 25.5 Å². The molecule has 0 bridgehead atoms. The zero-order valence-electron chi connectivity index (χ0n) is 12.0. The molecule has 1 fully saturated rings. The Kier molecular flexibility index (Phi) is 3.81. The van der Waals surface area contributed by atoms with Gasteiger partial charge in [-0.15, -0.1) is 0 Å². The summed E-state index contributed by atoms with van der Waals surface area (Å²) in [6.07, 6.45) is 3.08. The number of piperidine rings is 1. The minimum atomic E-state index is -0.386. The van der Waals surface area contributed by atoms with E-state index in [1.165, 1.54) is 6.42 Å². The molecule has 1 aromatic carbocycles. The first kappa shape index (κ1) is 13.3. The SMILES string of the molecule is CCC1CCN(C(=O)C2CNc3ccccc3O2)CC1. The van der Waals surface area contributed by atoms with Crippen LogP contribution in [0, 0.1) is 5.92 Å². The van der Waals surface area contributed by atoms with Gasteiger partial charge in [0, 0.05) is 13.1 Å². The van der Waals surface area contributed by atoms with Crippen LogP contribution in [0.15, 0.2) is 24.3 Å². The summed E-state index contributed by atoms with van der Waals surface area (Å²) in [6.45, 7) is 4.54. The Morgan fingerprint density at radius 2 is 2.10 bits per heavy atom.